The van der Waals surface area contributed by atoms with Crippen LogP contribution in [0, 0.1) is 5.92 Å². The van der Waals surface area contributed by atoms with Crippen LogP contribution >= 0.6 is 0 Å². The van der Waals surface area contributed by atoms with Gasteiger partial charge in [-0.15, -0.1) is 0 Å². The molecule has 0 fully saturated rings. The van der Waals surface area contributed by atoms with Gasteiger partial charge >= 0.3 is 0 Å². The van der Waals surface area contributed by atoms with E-state index in [2.05, 4.69) is 13.8 Å². The Bertz CT molecular complexity index is 76.0. The second kappa shape index (κ2) is 5.65. The van der Waals surface area contributed by atoms with Gasteiger partial charge in [-0.05, 0) is 12.3 Å². The van der Waals surface area contributed by atoms with Gasteiger partial charge in [0.15, 0.2) is 0 Å². The van der Waals surface area contributed by atoms with E-state index in [1.165, 1.54) is 0 Å². The molecule has 0 rings (SSSR count). The van der Waals surface area contributed by atoms with Gasteiger partial charge < -0.3 is 5.73 Å². The number of nitrogens with zero attached hydrogens (tertiary/aromatic N) is 1. The van der Waals surface area contributed by atoms with Crippen molar-refractivity contribution < 1.29 is 4.84 Å². The predicted octanol–water partition coefficient (Wildman–Crippen LogP) is 0.812. The first kappa shape index (κ1) is 9.88. The summed E-state index contributed by atoms with van der Waals surface area (Å²) in [5, 5.41) is 1.64. The van der Waals surface area contributed by atoms with Gasteiger partial charge in [0.1, 0.15) is 0 Å². The fourth-order valence-electron chi connectivity index (χ4n) is 0.497. The second-order valence-electron chi connectivity index (χ2n) is 2.83. The molecular weight excluding hydrogens is 128 g/mol. The maximum absolute atomic E-state index is 5.29. The Hall–Kier alpha value is -0.120. The topological polar surface area (TPSA) is 38.5 Å². The fraction of sp³-hybridized carbons (Fsp3) is 1.00. The Morgan fingerprint density at radius 1 is 1.50 bits per heavy atom. The molecule has 0 heterocycles. The summed E-state index contributed by atoms with van der Waals surface area (Å²) in [5.74, 6) is 0.700. The molecule has 3 heteroatoms. The van der Waals surface area contributed by atoms with E-state index in [1.807, 2.05) is 7.05 Å². The van der Waals surface area contributed by atoms with E-state index in [1.54, 1.807) is 5.06 Å². The van der Waals surface area contributed by atoms with Crippen molar-refractivity contribution in [1.82, 2.24) is 5.06 Å². The summed E-state index contributed by atoms with van der Waals surface area (Å²) in [7, 11) is 1.83. The van der Waals surface area contributed by atoms with Crippen LogP contribution in [-0.2, 0) is 4.84 Å². The zero-order chi connectivity index (χ0) is 7.98. The van der Waals surface area contributed by atoms with Crippen LogP contribution < -0.4 is 5.73 Å². The summed E-state index contributed by atoms with van der Waals surface area (Å²) < 4.78 is 0. The molecule has 0 aromatic carbocycles. The van der Waals surface area contributed by atoms with Crippen LogP contribution in [0.2, 0.25) is 0 Å². The molecule has 0 aromatic heterocycles. The lowest BCUT2D eigenvalue weighted by atomic mass is 10.1. The van der Waals surface area contributed by atoms with Gasteiger partial charge in [0.2, 0.25) is 0 Å². The summed E-state index contributed by atoms with van der Waals surface area (Å²) in [4.78, 5) is 5.21. The lowest BCUT2D eigenvalue weighted by Gasteiger charge is -2.14. The second-order valence-corrected chi connectivity index (χ2v) is 2.83. The van der Waals surface area contributed by atoms with Crippen LogP contribution in [0.3, 0.4) is 0 Å². The molecule has 0 aliphatic heterocycles. The number of nitrogens with two attached hydrogens (primary N) is 1. The zero-order valence-electron chi connectivity index (χ0n) is 7.13. The molecule has 0 atom stereocenters. The monoisotopic (exact) mass is 146 g/mol. The van der Waals surface area contributed by atoms with Crippen molar-refractivity contribution in [2.75, 3.05) is 20.3 Å². The van der Waals surface area contributed by atoms with Gasteiger partial charge in [0.25, 0.3) is 0 Å². The quantitative estimate of drug-likeness (QED) is 0.461. The van der Waals surface area contributed by atoms with Crippen molar-refractivity contribution >= 4 is 0 Å². The normalized spacial score (nSPS) is 11.4. The first-order valence-electron chi connectivity index (χ1n) is 3.71. The van der Waals surface area contributed by atoms with Crippen LogP contribution in [-0.4, -0.2) is 25.4 Å². The van der Waals surface area contributed by atoms with Crippen molar-refractivity contribution in [1.29, 1.82) is 0 Å². The smallest absolute Gasteiger partial charge is 0.0703 e. The van der Waals surface area contributed by atoms with Gasteiger partial charge in [0.05, 0.1) is 13.3 Å². The predicted molar refractivity (Wildman–Crippen MR) is 42.2 cm³/mol. The van der Waals surface area contributed by atoms with Crippen LogP contribution in [0.5, 0.6) is 0 Å². The van der Waals surface area contributed by atoms with E-state index in [9.17, 15) is 0 Å². The average Bonchev–Trinajstić information content (AvgIpc) is 1.87. The lowest BCUT2D eigenvalue weighted by Crippen LogP contribution is -2.26. The molecule has 0 aliphatic rings. The van der Waals surface area contributed by atoms with E-state index in [0.29, 0.717) is 12.6 Å². The number of rotatable bonds is 5. The first-order chi connectivity index (χ1) is 4.66. The molecule has 0 aromatic rings. The first-order valence-corrected chi connectivity index (χ1v) is 3.71. The highest BCUT2D eigenvalue weighted by Gasteiger charge is 1.96. The average molecular weight is 146 g/mol. The van der Waals surface area contributed by atoms with Gasteiger partial charge in [-0.3, -0.25) is 4.84 Å². The molecule has 62 valence electrons. The van der Waals surface area contributed by atoms with E-state index in [0.717, 1.165) is 13.0 Å². The number of hydrogen-bond donors (Lipinski definition) is 1. The van der Waals surface area contributed by atoms with Crippen molar-refractivity contribution in [3.05, 3.63) is 0 Å². The molecule has 0 bridgehead atoms. The Morgan fingerprint density at radius 3 is 2.50 bits per heavy atom. The minimum absolute atomic E-state index is 0.456. The van der Waals surface area contributed by atoms with Crippen LogP contribution in [0.4, 0.5) is 0 Å². The highest BCUT2D eigenvalue weighted by Crippen LogP contribution is 1.98. The molecule has 0 saturated heterocycles. The van der Waals surface area contributed by atoms with Crippen LogP contribution in [0.1, 0.15) is 20.3 Å². The van der Waals surface area contributed by atoms with Gasteiger partial charge in [-0.2, -0.15) is 5.06 Å². The maximum atomic E-state index is 5.29. The summed E-state index contributed by atoms with van der Waals surface area (Å²) in [6.07, 6.45) is 1.09. The number of hydrogen-bond acceptors (Lipinski definition) is 3. The van der Waals surface area contributed by atoms with Gasteiger partial charge in [0, 0.05) is 7.05 Å². The van der Waals surface area contributed by atoms with Crippen molar-refractivity contribution in [3.63, 3.8) is 0 Å². The molecule has 3 nitrogen and oxygen atoms in total. The van der Waals surface area contributed by atoms with E-state index < -0.39 is 0 Å². The highest BCUT2D eigenvalue weighted by molar-refractivity contribution is 4.41. The van der Waals surface area contributed by atoms with E-state index >= 15 is 0 Å². The Morgan fingerprint density at radius 2 is 2.10 bits per heavy atom. The maximum Gasteiger partial charge on any atom is 0.0703 e. The van der Waals surface area contributed by atoms with Crippen molar-refractivity contribution in [3.8, 4) is 0 Å². The molecular formula is C7H18N2O. The number of hydroxylamine groups is 2. The minimum atomic E-state index is 0.456. The molecule has 2 N–H and O–H groups in total. The fourth-order valence-corrected chi connectivity index (χ4v) is 0.497. The lowest BCUT2D eigenvalue weighted by molar-refractivity contribution is -0.140. The molecule has 0 radical (unpaired) electrons. The molecule has 0 aliphatic carbocycles. The SMILES string of the molecule is CC(C)CCON(C)CN. The molecule has 0 spiro atoms. The third-order valence-corrected chi connectivity index (χ3v) is 1.26. The third kappa shape index (κ3) is 6.01. The van der Waals surface area contributed by atoms with Gasteiger partial charge in [-0.1, -0.05) is 13.8 Å². The van der Waals surface area contributed by atoms with Gasteiger partial charge in [-0.25, -0.2) is 0 Å². The minimum Gasteiger partial charge on any atom is -0.316 e. The van der Waals surface area contributed by atoms with E-state index in [4.69, 9.17) is 10.6 Å². The Balaban J connectivity index is 3.03. The standard InChI is InChI=1S/C7H18N2O/c1-7(2)4-5-10-9(3)6-8/h7H,4-6,8H2,1-3H3. The summed E-state index contributed by atoms with van der Waals surface area (Å²) in [6, 6.07) is 0. The summed E-state index contributed by atoms with van der Waals surface area (Å²) in [5.41, 5.74) is 5.29. The summed E-state index contributed by atoms with van der Waals surface area (Å²) in [6.45, 7) is 5.57. The van der Waals surface area contributed by atoms with Crippen LogP contribution in [0.25, 0.3) is 0 Å². The largest absolute Gasteiger partial charge is 0.316 e. The molecule has 0 unspecified atom stereocenters. The third-order valence-electron chi connectivity index (χ3n) is 1.26. The zero-order valence-corrected chi connectivity index (χ0v) is 7.13. The van der Waals surface area contributed by atoms with Crippen molar-refractivity contribution in [2.24, 2.45) is 11.7 Å². The summed E-state index contributed by atoms with van der Waals surface area (Å²) >= 11 is 0. The Labute approximate surface area is 63.1 Å². The molecule has 0 saturated carbocycles. The molecule has 0 amide bonds. The highest BCUT2D eigenvalue weighted by atomic mass is 16.7. The molecule has 10 heavy (non-hydrogen) atoms. The van der Waals surface area contributed by atoms with Crippen molar-refractivity contribution in [2.45, 2.75) is 20.3 Å². The van der Waals surface area contributed by atoms with Crippen LogP contribution in [0.15, 0.2) is 0 Å². The van der Waals surface area contributed by atoms with E-state index in [-0.39, 0.29) is 0 Å². The Kier molecular flexibility index (Phi) is 5.58.